The smallest absolute Gasteiger partial charge is 0.337 e. The van der Waals surface area contributed by atoms with Gasteiger partial charge in [0.2, 0.25) is 0 Å². The summed E-state index contributed by atoms with van der Waals surface area (Å²) in [4.78, 5) is 24.2. The summed E-state index contributed by atoms with van der Waals surface area (Å²) < 4.78 is 4.70. The van der Waals surface area contributed by atoms with Crippen LogP contribution in [0.3, 0.4) is 0 Å². The van der Waals surface area contributed by atoms with Gasteiger partial charge < -0.3 is 21.1 Å². The number of rotatable bonds is 8. The number of anilines is 2. The number of amides is 1. The van der Waals surface area contributed by atoms with Crippen LogP contribution in [0, 0.1) is 0 Å². The van der Waals surface area contributed by atoms with Gasteiger partial charge in [-0.05, 0) is 47.9 Å². The van der Waals surface area contributed by atoms with Crippen molar-refractivity contribution in [1.29, 1.82) is 0 Å². The Labute approximate surface area is 182 Å². The van der Waals surface area contributed by atoms with Gasteiger partial charge >= 0.3 is 5.97 Å². The number of carbonyl (C=O) groups is 2. The first-order chi connectivity index (χ1) is 15.0. The van der Waals surface area contributed by atoms with Crippen molar-refractivity contribution in [3.63, 3.8) is 0 Å². The number of nitrogens with one attached hydrogen (secondary N) is 2. The Kier molecular flexibility index (Phi) is 7.27. The molecular formula is C25H27N3O3. The predicted molar refractivity (Wildman–Crippen MR) is 123 cm³/mol. The number of esters is 1. The fourth-order valence-electron chi connectivity index (χ4n) is 3.29. The molecule has 0 heterocycles. The Morgan fingerprint density at radius 1 is 0.968 bits per heavy atom. The number of hydrogen-bond acceptors (Lipinski definition) is 5. The van der Waals surface area contributed by atoms with Gasteiger partial charge in [-0.2, -0.15) is 0 Å². The molecule has 1 atom stereocenters. The van der Waals surface area contributed by atoms with Crippen molar-refractivity contribution in [3.05, 3.63) is 95.1 Å². The molecule has 1 unspecified atom stereocenters. The number of carbonyl (C=O) groups excluding carboxylic acids is 2. The lowest BCUT2D eigenvalue weighted by Gasteiger charge is -2.18. The molecule has 0 fully saturated rings. The van der Waals surface area contributed by atoms with Crippen molar-refractivity contribution in [2.24, 2.45) is 0 Å². The highest BCUT2D eigenvalue weighted by atomic mass is 16.5. The van der Waals surface area contributed by atoms with Gasteiger partial charge in [0.05, 0.1) is 30.1 Å². The number of ether oxygens (including phenoxy) is 1. The fourth-order valence-corrected chi connectivity index (χ4v) is 3.29. The number of benzene rings is 3. The van der Waals surface area contributed by atoms with Gasteiger partial charge in [-0.15, -0.1) is 0 Å². The summed E-state index contributed by atoms with van der Waals surface area (Å²) in [7, 11) is 1.36. The minimum absolute atomic E-state index is 0.0549. The summed E-state index contributed by atoms with van der Waals surface area (Å²) >= 11 is 0. The highest BCUT2D eigenvalue weighted by molar-refractivity contribution is 5.96. The molecule has 4 N–H and O–H groups in total. The molecule has 0 aliphatic heterocycles. The van der Waals surface area contributed by atoms with Crippen molar-refractivity contribution in [1.82, 2.24) is 5.32 Å². The molecule has 0 aromatic heterocycles. The molecule has 0 radical (unpaired) electrons. The molecule has 0 bridgehead atoms. The van der Waals surface area contributed by atoms with Crippen molar-refractivity contribution >= 4 is 23.3 Å². The van der Waals surface area contributed by atoms with Gasteiger partial charge in [0, 0.05) is 12.1 Å². The van der Waals surface area contributed by atoms with Crippen LogP contribution in [0.4, 0.5) is 11.4 Å². The van der Waals surface area contributed by atoms with E-state index in [1.165, 1.54) is 7.11 Å². The number of nitrogens with two attached hydrogens (primary N) is 1. The lowest BCUT2D eigenvalue weighted by atomic mass is 10.0. The van der Waals surface area contributed by atoms with Crippen molar-refractivity contribution < 1.29 is 14.3 Å². The van der Waals surface area contributed by atoms with E-state index < -0.39 is 0 Å². The standard InChI is InChI=1S/C25H27N3O3/c1-3-22(18-7-5-4-6-8-18)28-24(29)20-13-14-23(21(26)15-20)27-16-17-9-11-19(12-10-17)25(30)31-2/h4-15,22,27H,3,16,26H2,1-2H3,(H,28,29). The highest BCUT2D eigenvalue weighted by Crippen LogP contribution is 2.22. The van der Waals surface area contributed by atoms with Gasteiger partial charge in [-0.1, -0.05) is 49.4 Å². The maximum atomic E-state index is 12.7. The molecule has 6 heteroatoms. The molecule has 3 rings (SSSR count). The van der Waals surface area contributed by atoms with Crippen LogP contribution in [0.25, 0.3) is 0 Å². The Morgan fingerprint density at radius 2 is 1.65 bits per heavy atom. The summed E-state index contributed by atoms with van der Waals surface area (Å²) in [6, 6.07) is 22.2. The minimum Gasteiger partial charge on any atom is -0.465 e. The maximum Gasteiger partial charge on any atom is 0.337 e. The Bertz CT molecular complexity index is 1030. The number of nitrogen functional groups attached to an aromatic ring is 1. The molecule has 31 heavy (non-hydrogen) atoms. The first kappa shape index (κ1) is 21.9. The first-order valence-corrected chi connectivity index (χ1v) is 10.2. The molecule has 1 amide bonds. The van der Waals surface area contributed by atoms with E-state index in [9.17, 15) is 9.59 Å². The molecule has 0 spiro atoms. The molecule has 0 saturated carbocycles. The van der Waals surface area contributed by atoms with Crippen LogP contribution in [0.15, 0.2) is 72.8 Å². The molecule has 3 aromatic carbocycles. The minimum atomic E-state index is -0.366. The monoisotopic (exact) mass is 417 g/mol. The number of methoxy groups -OCH3 is 1. The van der Waals surface area contributed by atoms with Gasteiger partial charge in [0.25, 0.3) is 5.91 Å². The molecule has 0 aliphatic carbocycles. The van der Waals surface area contributed by atoms with E-state index in [-0.39, 0.29) is 17.9 Å². The van der Waals surface area contributed by atoms with Crippen LogP contribution in [0.1, 0.15) is 51.2 Å². The van der Waals surface area contributed by atoms with Crippen LogP contribution in [-0.2, 0) is 11.3 Å². The Hall–Kier alpha value is -3.80. The number of hydrogen-bond donors (Lipinski definition) is 3. The van der Waals surface area contributed by atoms with E-state index >= 15 is 0 Å². The molecule has 0 aliphatic rings. The molecule has 0 saturated heterocycles. The molecule has 160 valence electrons. The SMILES string of the molecule is CCC(NC(=O)c1ccc(NCc2ccc(C(=O)OC)cc2)c(N)c1)c1ccccc1. The zero-order valence-electron chi connectivity index (χ0n) is 17.7. The third kappa shape index (κ3) is 5.63. The van der Waals surface area contributed by atoms with Crippen LogP contribution >= 0.6 is 0 Å². The van der Waals surface area contributed by atoms with Gasteiger partial charge in [-0.3, -0.25) is 4.79 Å². The Morgan fingerprint density at radius 3 is 2.26 bits per heavy atom. The summed E-state index contributed by atoms with van der Waals surface area (Å²) in [5.74, 6) is -0.525. The second-order valence-corrected chi connectivity index (χ2v) is 7.19. The lowest BCUT2D eigenvalue weighted by molar-refractivity contribution is 0.0600. The second kappa shape index (κ2) is 10.3. The third-order valence-corrected chi connectivity index (χ3v) is 5.09. The zero-order chi connectivity index (χ0) is 22.2. The van der Waals surface area contributed by atoms with Crippen molar-refractivity contribution in [2.45, 2.75) is 25.9 Å². The third-order valence-electron chi connectivity index (χ3n) is 5.09. The predicted octanol–water partition coefficient (Wildman–Crippen LogP) is 4.55. The van der Waals surface area contributed by atoms with Gasteiger partial charge in [0.1, 0.15) is 0 Å². The fraction of sp³-hybridized carbons (Fsp3) is 0.200. The van der Waals surface area contributed by atoms with E-state index in [2.05, 4.69) is 10.6 Å². The molecular weight excluding hydrogens is 390 g/mol. The zero-order valence-corrected chi connectivity index (χ0v) is 17.7. The van der Waals surface area contributed by atoms with Crippen LogP contribution in [0.2, 0.25) is 0 Å². The first-order valence-electron chi connectivity index (χ1n) is 10.2. The Balaban J connectivity index is 1.62. The van der Waals surface area contributed by atoms with E-state index in [1.54, 1.807) is 30.3 Å². The quantitative estimate of drug-likeness (QED) is 0.369. The average molecular weight is 418 g/mol. The largest absolute Gasteiger partial charge is 0.465 e. The van der Waals surface area contributed by atoms with E-state index in [0.29, 0.717) is 23.4 Å². The average Bonchev–Trinajstić information content (AvgIpc) is 2.82. The molecule has 3 aromatic rings. The highest BCUT2D eigenvalue weighted by Gasteiger charge is 2.15. The van der Waals surface area contributed by atoms with Crippen LogP contribution in [0.5, 0.6) is 0 Å². The van der Waals surface area contributed by atoms with E-state index in [1.807, 2.05) is 49.4 Å². The maximum absolute atomic E-state index is 12.7. The van der Waals surface area contributed by atoms with Gasteiger partial charge in [-0.25, -0.2) is 4.79 Å². The summed E-state index contributed by atoms with van der Waals surface area (Å²) in [5, 5.41) is 6.33. The normalized spacial score (nSPS) is 11.4. The topological polar surface area (TPSA) is 93.5 Å². The van der Waals surface area contributed by atoms with Crippen molar-refractivity contribution in [3.8, 4) is 0 Å². The summed E-state index contributed by atoms with van der Waals surface area (Å²) in [5.41, 5.74) is 10.5. The lowest BCUT2D eigenvalue weighted by Crippen LogP contribution is -2.28. The molecule has 6 nitrogen and oxygen atoms in total. The van der Waals surface area contributed by atoms with Gasteiger partial charge in [0.15, 0.2) is 0 Å². The second-order valence-electron chi connectivity index (χ2n) is 7.19. The van der Waals surface area contributed by atoms with Crippen LogP contribution < -0.4 is 16.4 Å². The van der Waals surface area contributed by atoms with E-state index in [0.717, 1.165) is 23.2 Å². The van der Waals surface area contributed by atoms with Crippen molar-refractivity contribution in [2.75, 3.05) is 18.2 Å². The van der Waals surface area contributed by atoms with E-state index in [4.69, 9.17) is 10.5 Å². The summed E-state index contributed by atoms with van der Waals surface area (Å²) in [6.07, 6.45) is 0.791. The summed E-state index contributed by atoms with van der Waals surface area (Å²) in [6.45, 7) is 2.57. The van der Waals surface area contributed by atoms with Crippen LogP contribution in [-0.4, -0.2) is 19.0 Å².